The number of aliphatic hydroxyl groups is 1. The SMILES string of the molecule is C=C(C(=O)OCC)C(O)c1cc(Br)ccc1F. The first-order valence-corrected chi connectivity index (χ1v) is 5.75. The Kier molecular flexibility index (Phi) is 4.84. The van der Waals surface area contributed by atoms with Crippen LogP contribution in [-0.2, 0) is 9.53 Å². The van der Waals surface area contributed by atoms with Crippen LogP contribution in [0.3, 0.4) is 0 Å². The Morgan fingerprint density at radius 1 is 1.65 bits per heavy atom. The quantitative estimate of drug-likeness (QED) is 0.687. The lowest BCUT2D eigenvalue weighted by Crippen LogP contribution is -2.14. The smallest absolute Gasteiger partial charge is 0.336 e. The summed E-state index contributed by atoms with van der Waals surface area (Å²) in [5.41, 5.74) is -0.207. The van der Waals surface area contributed by atoms with Gasteiger partial charge in [0.2, 0.25) is 0 Å². The van der Waals surface area contributed by atoms with Gasteiger partial charge >= 0.3 is 5.97 Å². The zero-order chi connectivity index (χ0) is 13.0. The fourth-order valence-corrected chi connectivity index (χ4v) is 1.63. The van der Waals surface area contributed by atoms with Crippen LogP contribution in [0.2, 0.25) is 0 Å². The number of benzene rings is 1. The van der Waals surface area contributed by atoms with Crippen molar-refractivity contribution in [1.29, 1.82) is 0 Å². The van der Waals surface area contributed by atoms with Gasteiger partial charge in [0.15, 0.2) is 0 Å². The average Bonchev–Trinajstić information content (AvgIpc) is 2.30. The molecular formula is C12H12BrFO3. The average molecular weight is 303 g/mol. The molecule has 1 atom stereocenters. The standard InChI is InChI=1S/C12H12BrFO3/c1-3-17-12(16)7(2)11(15)9-6-8(13)4-5-10(9)14/h4-6,11,15H,2-3H2,1H3. The molecular weight excluding hydrogens is 291 g/mol. The molecule has 1 aromatic carbocycles. The Balaban J connectivity index is 2.96. The number of hydrogen-bond acceptors (Lipinski definition) is 3. The third-order valence-corrected chi connectivity index (χ3v) is 2.61. The van der Waals surface area contributed by atoms with Crippen molar-refractivity contribution in [1.82, 2.24) is 0 Å². The van der Waals surface area contributed by atoms with E-state index in [1.54, 1.807) is 6.92 Å². The molecule has 0 bridgehead atoms. The highest BCUT2D eigenvalue weighted by Gasteiger charge is 2.22. The summed E-state index contributed by atoms with van der Waals surface area (Å²) >= 11 is 3.16. The maximum Gasteiger partial charge on any atom is 0.336 e. The summed E-state index contributed by atoms with van der Waals surface area (Å²) in [6.45, 7) is 5.22. The molecule has 0 spiro atoms. The van der Waals surface area contributed by atoms with E-state index in [1.807, 2.05) is 0 Å². The number of hydrogen-bond donors (Lipinski definition) is 1. The number of halogens is 2. The van der Waals surface area contributed by atoms with Gasteiger partial charge in [0.25, 0.3) is 0 Å². The summed E-state index contributed by atoms with van der Waals surface area (Å²) < 4.78 is 18.7. The summed E-state index contributed by atoms with van der Waals surface area (Å²) in [4.78, 5) is 11.3. The highest BCUT2D eigenvalue weighted by atomic mass is 79.9. The van der Waals surface area contributed by atoms with Crippen molar-refractivity contribution in [2.75, 3.05) is 6.61 Å². The summed E-state index contributed by atoms with van der Waals surface area (Å²) in [5.74, 6) is -1.34. The first kappa shape index (κ1) is 13.9. The molecule has 3 nitrogen and oxygen atoms in total. The molecule has 0 heterocycles. The Morgan fingerprint density at radius 2 is 2.29 bits per heavy atom. The minimum absolute atomic E-state index is 0.0163. The molecule has 1 aromatic rings. The molecule has 1 unspecified atom stereocenters. The highest BCUT2D eigenvalue weighted by molar-refractivity contribution is 9.10. The predicted molar refractivity (Wildman–Crippen MR) is 64.8 cm³/mol. The van der Waals surface area contributed by atoms with Crippen LogP contribution >= 0.6 is 15.9 Å². The minimum Gasteiger partial charge on any atom is -0.463 e. The van der Waals surface area contributed by atoms with Crippen molar-refractivity contribution in [2.45, 2.75) is 13.0 Å². The van der Waals surface area contributed by atoms with Crippen molar-refractivity contribution in [2.24, 2.45) is 0 Å². The van der Waals surface area contributed by atoms with Gasteiger partial charge in [-0.05, 0) is 25.1 Å². The lowest BCUT2D eigenvalue weighted by molar-refractivity contribution is -0.139. The lowest BCUT2D eigenvalue weighted by Gasteiger charge is -2.14. The first-order valence-electron chi connectivity index (χ1n) is 4.96. The van der Waals surface area contributed by atoms with Crippen molar-refractivity contribution >= 4 is 21.9 Å². The second kappa shape index (κ2) is 5.93. The fourth-order valence-electron chi connectivity index (χ4n) is 1.25. The van der Waals surface area contributed by atoms with Gasteiger partial charge in [0.05, 0.1) is 12.2 Å². The molecule has 0 amide bonds. The van der Waals surface area contributed by atoms with E-state index in [1.165, 1.54) is 18.2 Å². The van der Waals surface area contributed by atoms with Crippen molar-refractivity contribution in [3.8, 4) is 0 Å². The minimum atomic E-state index is -1.41. The van der Waals surface area contributed by atoms with Crippen LogP contribution in [0, 0.1) is 5.82 Å². The lowest BCUT2D eigenvalue weighted by atomic mass is 10.0. The Hall–Kier alpha value is -1.20. The molecule has 17 heavy (non-hydrogen) atoms. The van der Waals surface area contributed by atoms with E-state index in [2.05, 4.69) is 27.2 Å². The molecule has 0 aliphatic carbocycles. The summed E-state index contributed by atoms with van der Waals surface area (Å²) in [5, 5.41) is 9.83. The molecule has 0 aliphatic heterocycles. The number of esters is 1. The number of carbonyl (C=O) groups is 1. The number of carbonyl (C=O) groups excluding carboxylic acids is 1. The van der Waals surface area contributed by atoms with Gasteiger partial charge in [0, 0.05) is 10.0 Å². The van der Waals surface area contributed by atoms with Gasteiger partial charge in [-0.3, -0.25) is 0 Å². The maximum absolute atomic E-state index is 13.5. The summed E-state index contributed by atoms with van der Waals surface area (Å²) in [7, 11) is 0. The molecule has 92 valence electrons. The number of aliphatic hydroxyl groups excluding tert-OH is 1. The van der Waals surface area contributed by atoms with E-state index < -0.39 is 17.9 Å². The Morgan fingerprint density at radius 3 is 2.88 bits per heavy atom. The van der Waals surface area contributed by atoms with Crippen LogP contribution in [-0.4, -0.2) is 17.7 Å². The van der Waals surface area contributed by atoms with E-state index in [-0.39, 0.29) is 17.7 Å². The first-order chi connectivity index (χ1) is 7.97. The van der Waals surface area contributed by atoms with Crippen LogP contribution in [0.4, 0.5) is 4.39 Å². The summed E-state index contributed by atoms with van der Waals surface area (Å²) in [6, 6.07) is 4.09. The van der Waals surface area contributed by atoms with Gasteiger partial charge in [-0.2, -0.15) is 0 Å². The van der Waals surface area contributed by atoms with Crippen LogP contribution in [0.1, 0.15) is 18.6 Å². The van der Waals surface area contributed by atoms with E-state index >= 15 is 0 Å². The van der Waals surface area contributed by atoms with E-state index in [0.717, 1.165) is 0 Å². The van der Waals surface area contributed by atoms with Gasteiger partial charge in [0.1, 0.15) is 11.9 Å². The molecule has 0 saturated carbocycles. The molecule has 0 aliphatic rings. The highest BCUT2D eigenvalue weighted by Crippen LogP contribution is 2.26. The van der Waals surface area contributed by atoms with Crippen molar-refractivity contribution in [3.05, 3.63) is 46.2 Å². The molecule has 0 saturated heterocycles. The summed E-state index contributed by atoms with van der Waals surface area (Å²) in [6.07, 6.45) is -1.41. The molecule has 0 fully saturated rings. The van der Waals surface area contributed by atoms with E-state index in [0.29, 0.717) is 4.47 Å². The third-order valence-electron chi connectivity index (χ3n) is 2.12. The zero-order valence-corrected chi connectivity index (χ0v) is 10.8. The van der Waals surface area contributed by atoms with Crippen LogP contribution in [0.15, 0.2) is 34.8 Å². The molecule has 0 radical (unpaired) electrons. The topological polar surface area (TPSA) is 46.5 Å². The van der Waals surface area contributed by atoms with Crippen LogP contribution in [0.5, 0.6) is 0 Å². The molecule has 1 rings (SSSR count). The molecule has 1 N–H and O–H groups in total. The van der Waals surface area contributed by atoms with Gasteiger partial charge in [-0.1, -0.05) is 22.5 Å². The monoisotopic (exact) mass is 302 g/mol. The fraction of sp³-hybridized carbons (Fsp3) is 0.250. The second-order valence-electron chi connectivity index (χ2n) is 3.31. The Labute approximate surface area is 107 Å². The van der Waals surface area contributed by atoms with Crippen LogP contribution in [0.25, 0.3) is 0 Å². The van der Waals surface area contributed by atoms with E-state index in [4.69, 9.17) is 0 Å². The van der Waals surface area contributed by atoms with Crippen molar-refractivity contribution < 1.29 is 19.0 Å². The number of rotatable bonds is 4. The van der Waals surface area contributed by atoms with Gasteiger partial charge < -0.3 is 9.84 Å². The van der Waals surface area contributed by atoms with Crippen LogP contribution < -0.4 is 0 Å². The zero-order valence-electron chi connectivity index (χ0n) is 9.24. The van der Waals surface area contributed by atoms with Gasteiger partial charge in [-0.15, -0.1) is 0 Å². The maximum atomic E-state index is 13.5. The molecule has 5 heteroatoms. The predicted octanol–water partition coefficient (Wildman–Crippen LogP) is 2.74. The second-order valence-corrected chi connectivity index (χ2v) is 4.23. The number of ether oxygens (including phenoxy) is 1. The van der Waals surface area contributed by atoms with E-state index in [9.17, 15) is 14.3 Å². The Bertz CT molecular complexity index is 445. The normalized spacial score (nSPS) is 12.0. The van der Waals surface area contributed by atoms with Crippen molar-refractivity contribution in [3.63, 3.8) is 0 Å². The third kappa shape index (κ3) is 3.38. The largest absolute Gasteiger partial charge is 0.463 e. The molecule has 0 aromatic heterocycles. The van der Waals surface area contributed by atoms with Gasteiger partial charge in [-0.25, -0.2) is 9.18 Å².